The second kappa shape index (κ2) is 8.34. The van der Waals surface area contributed by atoms with Crippen molar-refractivity contribution in [3.63, 3.8) is 0 Å². The number of carbonyl (C=O) groups is 1. The van der Waals surface area contributed by atoms with Gasteiger partial charge in [-0.25, -0.2) is 0 Å². The van der Waals surface area contributed by atoms with Gasteiger partial charge in [-0.05, 0) is 43.5 Å². The first-order chi connectivity index (χ1) is 15.2. The quantitative estimate of drug-likeness (QED) is 0.509. The number of fused-ring (bicyclic) bond motifs is 3. The molecule has 4 rings (SSSR count). The van der Waals surface area contributed by atoms with Crippen LogP contribution in [0.2, 0.25) is 0 Å². The molecule has 10 heteroatoms. The van der Waals surface area contributed by atoms with Gasteiger partial charge in [0.1, 0.15) is 10.7 Å². The van der Waals surface area contributed by atoms with Crippen LogP contribution in [0.15, 0.2) is 51.8 Å². The molecule has 32 heavy (non-hydrogen) atoms. The van der Waals surface area contributed by atoms with E-state index >= 15 is 0 Å². The molecule has 0 aromatic heterocycles. The summed E-state index contributed by atoms with van der Waals surface area (Å²) in [6.07, 6.45) is 3.48. The van der Waals surface area contributed by atoms with Crippen molar-refractivity contribution in [2.24, 2.45) is 4.40 Å². The van der Waals surface area contributed by atoms with Gasteiger partial charge in [-0.3, -0.25) is 14.9 Å². The van der Waals surface area contributed by atoms with Crippen LogP contribution in [0.25, 0.3) is 0 Å². The Bertz CT molecular complexity index is 1220. The number of nitro groups is 1. The molecule has 0 unspecified atom stereocenters. The molecule has 0 spiro atoms. The number of hydrogen-bond acceptors (Lipinski definition) is 6. The number of carbonyl (C=O) groups excluding carboxylic acids is 1. The Kier molecular flexibility index (Phi) is 5.72. The minimum absolute atomic E-state index is 0.0328. The van der Waals surface area contributed by atoms with Crippen LogP contribution in [0, 0.1) is 10.1 Å². The van der Waals surface area contributed by atoms with E-state index in [1.54, 1.807) is 38.2 Å². The largest absolute Gasteiger partial charge is 0.335 e. The summed E-state index contributed by atoms with van der Waals surface area (Å²) >= 11 is 0. The van der Waals surface area contributed by atoms with E-state index in [4.69, 9.17) is 0 Å². The number of amidine groups is 1. The first-order valence-electron chi connectivity index (χ1n) is 10.5. The first-order valence-corrected chi connectivity index (χ1v) is 11.9. The molecule has 0 N–H and O–H groups in total. The Morgan fingerprint density at radius 3 is 2.72 bits per heavy atom. The highest BCUT2D eigenvalue weighted by molar-refractivity contribution is 7.90. The molecule has 2 aliphatic heterocycles. The number of nitrogens with zero attached hydrogens (tertiary/aromatic N) is 4. The van der Waals surface area contributed by atoms with Gasteiger partial charge in [0, 0.05) is 37.7 Å². The topological polar surface area (TPSA) is 113 Å². The lowest BCUT2D eigenvalue weighted by atomic mass is 10.1. The molecule has 0 saturated carbocycles. The Labute approximate surface area is 186 Å². The van der Waals surface area contributed by atoms with Crippen LogP contribution in [0.3, 0.4) is 0 Å². The van der Waals surface area contributed by atoms with E-state index < -0.39 is 21.0 Å². The lowest BCUT2D eigenvalue weighted by Crippen LogP contribution is -2.35. The van der Waals surface area contributed by atoms with E-state index in [0.29, 0.717) is 30.1 Å². The fourth-order valence-electron chi connectivity index (χ4n) is 4.11. The summed E-state index contributed by atoms with van der Waals surface area (Å²) < 4.78 is 29.7. The highest BCUT2D eigenvalue weighted by atomic mass is 32.2. The van der Waals surface area contributed by atoms with Crippen LogP contribution in [0.1, 0.15) is 54.6 Å². The minimum atomic E-state index is -3.90. The van der Waals surface area contributed by atoms with Crippen molar-refractivity contribution in [3.8, 4) is 0 Å². The molecule has 9 nitrogen and oxygen atoms in total. The third kappa shape index (κ3) is 3.97. The van der Waals surface area contributed by atoms with E-state index in [1.807, 2.05) is 4.90 Å². The molecule has 1 amide bonds. The number of amides is 1. The summed E-state index contributed by atoms with van der Waals surface area (Å²) in [4.78, 5) is 27.2. The Hall–Kier alpha value is -3.27. The van der Waals surface area contributed by atoms with E-state index in [0.717, 1.165) is 19.3 Å². The molecule has 0 bridgehead atoms. The third-order valence-corrected chi connectivity index (χ3v) is 7.39. The fourth-order valence-corrected chi connectivity index (χ4v) is 5.40. The molecule has 168 valence electrons. The predicted octanol–water partition coefficient (Wildman–Crippen LogP) is 3.91. The van der Waals surface area contributed by atoms with Gasteiger partial charge >= 0.3 is 0 Å². The number of benzene rings is 2. The van der Waals surface area contributed by atoms with Gasteiger partial charge < -0.3 is 9.80 Å². The van der Waals surface area contributed by atoms with Crippen molar-refractivity contribution < 1.29 is 18.1 Å². The average molecular weight is 457 g/mol. The van der Waals surface area contributed by atoms with Gasteiger partial charge in [0.15, 0.2) is 0 Å². The van der Waals surface area contributed by atoms with Crippen molar-refractivity contribution in [1.82, 2.24) is 4.90 Å². The van der Waals surface area contributed by atoms with Gasteiger partial charge in [-0.2, -0.15) is 8.42 Å². The molecule has 2 aromatic rings. The van der Waals surface area contributed by atoms with Crippen LogP contribution in [0.5, 0.6) is 0 Å². The number of anilines is 1. The summed E-state index contributed by atoms with van der Waals surface area (Å²) in [5.41, 5.74) is 1.34. The Morgan fingerprint density at radius 2 is 1.97 bits per heavy atom. The zero-order valence-corrected chi connectivity index (χ0v) is 18.7. The molecule has 1 saturated heterocycles. The number of rotatable bonds is 4. The lowest BCUT2D eigenvalue weighted by molar-refractivity contribution is -0.384. The maximum atomic E-state index is 13.2. The maximum absolute atomic E-state index is 13.2. The smallest absolute Gasteiger partial charge is 0.286 e. The van der Waals surface area contributed by atoms with Crippen molar-refractivity contribution >= 4 is 33.1 Å². The van der Waals surface area contributed by atoms with Crippen LogP contribution in [-0.2, 0) is 10.0 Å². The molecule has 1 fully saturated rings. The Morgan fingerprint density at radius 1 is 1.19 bits per heavy atom. The monoisotopic (exact) mass is 456 g/mol. The van der Waals surface area contributed by atoms with Gasteiger partial charge in [0.05, 0.1) is 16.7 Å². The summed E-state index contributed by atoms with van der Waals surface area (Å²) in [5.74, 6) is 0.179. The molecule has 2 aromatic carbocycles. The predicted molar refractivity (Wildman–Crippen MR) is 120 cm³/mol. The van der Waals surface area contributed by atoms with Crippen molar-refractivity contribution in [2.75, 3.05) is 18.5 Å². The van der Waals surface area contributed by atoms with E-state index in [-0.39, 0.29) is 22.1 Å². The van der Waals surface area contributed by atoms with Crippen LogP contribution in [0.4, 0.5) is 11.4 Å². The van der Waals surface area contributed by atoms with Gasteiger partial charge in [-0.1, -0.05) is 18.6 Å². The standard InChI is InChI=1S/C22H24N4O5S/c1-15(16-7-6-8-18(13-16)26(28)29)24(2)22(27)17-10-11-19-20(14-17)32(30,31)23-21-9-4-3-5-12-25(19)21/h6-8,10-11,13-15H,3-5,9,12H2,1-2H3/t15-/m0/s1. The number of sulfonamides is 1. The number of non-ortho nitro benzene ring substituents is 1. The van der Waals surface area contributed by atoms with Crippen molar-refractivity contribution in [3.05, 3.63) is 63.7 Å². The first kappa shape index (κ1) is 21.9. The second-order valence-electron chi connectivity index (χ2n) is 8.07. The summed E-state index contributed by atoms with van der Waals surface area (Å²) in [6, 6.07) is 10.3. The molecule has 0 aliphatic carbocycles. The molecular weight excluding hydrogens is 432 g/mol. The molecule has 2 aliphatic rings. The summed E-state index contributed by atoms with van der Waals surface area (Å²) in [6.45, 7) is 2.46. The van der Waals surface area contributed by atoms with E-state index in [9.17, 15) is 23.3 Å². The van der Waals surface area contributed by atoms with Crippen LogP contribution >= 0.6 is 0 Å². The number of nitro benzene ring substituents is 1. The average Bonchev–Trinajstić information content (AvgIpc) is 3.02. The van der Waals surface area contributed by atoms with E-state index in [2.05, 4.69) is 4.40 Å². The van der Waals surface area contributed by atoms with Crippen molar-refractivity contribution in [2.45, 2.75) is 43.5 Å². The second-order valence-corrected chi connectivity index (χ2v) is 9.64. The summed E-state index contributed by atoms with van der Waals surface area (Å²) in [5, 5.41) is 11.1. The fraction of sp³-hybridized carbons (Fsp3) is 0.364. The number of hydrogen-bond donors (Lipinski definition) is 0. The van der Waals surface area contributed by atoms with E-state index in [1.165, 1.54) is 23.1 Å². The SMILES string of the molecule is C[C@@H](c1cccc([N+](=O)[O-])c1)N(C)C(=O)c1ccc2c(c1)S(=O)(=O)N=C1CCCCCN12. The highest BCUT2D eigenvalue weighted by Gasteiger charge is 2.32. The maximum Gasteiger partial charge on any atom is 0.286 e. The lowest BCUT2D eigenvalue weighted by Gasteiger charge is -2.30. The molecular formula is C22H24N4O5S. The summed E-state index contributed by atoms with van der Waals surface area (Å²) in [7, 11) is -2.31. The third-order valence-electron chi connectivity index (χ3n) is 6.06. The minimum Gasteiger partial charge on any atom is -0.335 e. The van der Waals surface area contributed by atoms with Crippen LogP contribution in [-0.4, -0.2) is 43.6 Å². The van der Waals surface area contributed by atoms with Crippen LogP contribution < -0.4 is 4.90 Å². The molecule has 2 heterocycles. The molecule has 1 atom stereocenters. The zero-order valence-electron chi connectivity index (χ0n) is 17.9. The normalized spacial score (nSPS) is 17.9. The highest BCUT2D eigenvalue weighted by Crippen LogP contribution is 2.35. The van der Waals surface area contributed by atoms with Gasteiger partial charge in [0.2, 0.25) is 0 Å². The van der Waals surface area contributed by atoms with Gasteiger partial charge in [0.25, 0.3) is 21.6 Å². The Balaban J connectivity index is 1.65. The van der Waals surface area contributed by atoms with Gasteiger partial charge in [-0.15, -0.1) is 4.40 Å². The molecule has 0 radical (unpaired) electrons. The zero-order chi connectivity index (χ0) is 23.0. The van der Waals surface area contributed by atoms with Crippen molar-refractivity contribution in [1.29, 1.82) is 0 Å².